The van der Waals surface area contributed by atoms with Gasteiger partial charge in [-0.15, -0.1) is 0 Å². The number of aromatic nitrogens is 4. The minimum atomic E-state index is -0.130. The van der Waals surface area contributed by atoms with Crippen molar-refractivity contribution < 1.29 is 4.84 Å². The molecule has 3 heterocycles. The van der Waals surface area contributed by atoms with Crippen molar-refractivity contribution in [1.29, 1.82) is 0 Å². The lowest BCUT2D eigenvalue weighted by molar-refractivity contribution is 0.334. The smallest absolute Gasteiger partial charge is 0.260 e. The summed E-state index contributed by atoms with van der Waals surface area (Å²) >= 11 is 0. The van der Waals surface area contributed by atoms with Crippen molar-refractivity contribution in [3.05, 3.63) is 39.9 Å². The second-order valence-corrected chi connectivity index (χ2v) is 6.87. The first-order chi connectivity index (χ1) is 12.6. The van der Waals surface area contributed by atoms with Crippen LogP contribution in [0.3, 0.4) is 0 Å². The fourth-order valence-corrected chi connectivity index (χ4v) is 3.69. The summed E-state index contributed by atoms with van der Waals surface area (Å²) in [5.41, 5.74) is 8.29. The Labute approximate surface area is 148 Å². The van der Waals surface area contributed by atoms with Gasteiger partial charge in [-0.2, -0.15) is 5.90 Å². The molecular weight excluding hydrogens is 334 g/mol. The summed E-state index contributed by atoms with van der Waals surface area (Å²) in [6.45, 7) is 1.97. The molecule has 1 aliphatic carbocycles. The SMILES string of the molecule is NOc1cc(C2CC2)c2c(=O)[nH]c(N3CCn4c(cnc4N)C3)nc2c1. The van der Waals surface area contributed by atoms with Gasteiger partial charge in [-0.1, -0.05) is 0 Å². The molecule has 0 atom stereocenters. The van der Waals surface area contributed by atoms with E-state index in [1.807, 2.05) is 15.5 Å². The Hall–Kier alpha value is -3.07. The molecule has 3 aromatic rings. The lowest BCUT2D eigenvalue weighted by atomic mass is 10.0. The van der Waals surface area contributed by atoms with Crippen LogP contribution >= 0.6 is 0 Å². The number of fused-ring (bicyclic) bond motifs is 2. The molecule has 9 nitrogen and oxygen atoms in total. The van der Waals surface area contributed by atoms with Gasteiger partial charge in [0.1, 0.15) is 5.75 Å². The van der Waals surface area contributed by atoms with Crippen LogP contribution in [0, 0.1) is 0 Å². The molecule has 2 aliphatic rings. The van der Waals surface area contributed by atoms with E-state index in [2.05, 4.69) is 9.97 Å². The fourth-order valence-electron chi connectivity index (χ4n) is 3.69. The summed E-state index contributed by atoms with van der Waals surface area (Å²) in [5.74, 6) is 7.31. The van der Waals surface area contributed by atoms with E-state index in [1.165, 1.54) is 0 Å². The van der Waals surface area contributed by atoms with Crippen LogP contribution in [0.1, 0.15) is 30.0 Å². The first-order valence-corrected chi connectivity index (χ1v) is 8.63. The van der Waals surface area contributed by atoms with Crippen LogP contribution in [-0.2, 0) is 13.1 Å². The van der Waals surface area contributed by atoms with Gasteiger partial charge < -0.3 is 20.0 Å². The van der Waals surface area contributed by atoms with Gasteiger partial charge >= 0.3 is 0 Å². The van der Waals surface area contributed by atoms with Crippen LogP contribution in [0.15, 0.2) is 23.1 Å². The first kappa shape index (κ1) is 15.2. The van der Waals surface area contributed by atoms with E-state index in [4.69, 9.17) is 21.5 Å². The van der Waals surface area contributed by atoms with Gasteiger partial charge in [0, 0.05) is 19.2 Å². The molecule has 1 aromatic carbocycles. The molecule has 1 saturated carbocycles. The van der Waals surface area contributed by atoms with Crippen LogP contribution < -0.4 is 26.9 Å². The Bertz CT molecular complexity index is 1070. The molecule has 0 spiro atoms. The predicted molar refractivity (Wildman–Crippen MR) is 96.8 cm³/mol. The van der Waals surface area contributed by atoms with E-state index in [-0.39, 0.29) is 5.56 Å². The topological polar surface area (TPSA) is 128 Å². The van der Waals surface area contributed by atoms with E-state index in [9.17, 15) is 4.79 Å². The highest BCUT2D eigenvalue weighted by Crippen LogP contribution is 2.43. The number of hydrogen-bond acceptors (Lipinski definition) is 7. The van der Waals surface area contributed by atoms with E-state index in [0.29, 0.717) is 54.1 Å². The molecule has 0 bridgehead atoms. The summed E-state index contributed by atoms with van der Waals surface area (Å²) in [6.07, 6.45) is 3.90. The number of hydrogen-bond donors (Lipinski definition) is 3. The molecule has 134 valence electrons. The lowest BCUT2D eigenvalue weighted by Gasteiger charge is -2.29. The molecule has 2 aromatic heterocycles. The number of benzene rings is 1. The molecule has 1 aliphatic heterocycles. The van der Waals surface area contributed by atoms with Crippen molar-refractivity contribution in [3.63, 3.8) is 0 Å². The van der Waals surface area contributed by atoms with Crippen molar-refractivity contribution in [2.24, 2.45) is 5.90 Å². The predicted octanol–water partition coefficient (Wildman–Crippen LogP) is 0.852. The van der Waals surface area contributed by atoms with Crippen molar-refractivity contribution in [3.8, 4) is 5.75 Å². The second kappa shape index (κ2) is 5.46. The maximum atomic E-state index is 12.8. The maximum Gasteiger partial charge on any atom is 0.260 e. The molecule has 5 N–H and O–H groups in total. The third kappa shape index (κ3) is 2.31. The van der Waals surface area contributed by atoms with Gasteiger partial charge in [-0.05, 0) is 30.4 Å². The van der Waals surface area contributed by atoms with E-state index < -0.39 is 0 Å². The average molecular weight is 353 g/mol. The van der Waals surface area contributed by atoms with E-state index in [0.717, 1.165) is 24.1 Å². The van der Waals surface area contributed by atoms with Crippen LogP contribution in [0.5, 0.6) is 5.75 Å². The third-order valence-corrected chi connectivity index (χ3v) is 5.17. The second-order valence-electron chi connectivity index (χ2n) is 6.87. The maximum absolute atomic E-state index is 12.8. The number of nitrogen functional groups attached to an aromatic ring is 1. The van der Waals surface area contributed by atoms with Crippen LogP contribution in [0.4, 0.5) is 11.9 Å². The van der Waals surface area contributed by atoms with Gasteiger partial charge in [0.2, 0.25) is 5.95 Å². The zero-order valence-electron chi connectivity index (χ0n) is 14.1. The van der Waals surface area contributed by atoms with Gasteiger partial charge in [-0.3, -0.25) is 9.78 Å². The number of imidazole rings is 1. The molecular formula is C17H19N7O2. The summed E-state index contributed by atoms with van der Waals surface area (Å²) in [5, 5.41) is 0.628. The van der Waals surface area contributed by atoms with E-state index >= 15 is 0 Å². The molecule has 0 amide bonds. The number of nitrogens with zero attached hydrogens (tertiary/aromatic N) is 4. The molecule has 0 radical (unpaired) electrons. The highest BCUT2D eigenvalue weighted by Gasteiger charge is 2.28. The molecule has 1 fully saturated rings. The largest absolute Gasteiger partial charge is 0.411 e. The van der Waals surface area contributed by atoms with Crippen molar-refractivity contribution >= 4 is 22.8 Å². The summed E-state index contributed by atoms with van der Waals surface area (Å²) in [6, 6.07) is 3.56. The van der Waals surface area contributed by atoms with Crippen LogP contribution in [-0.4, -0.2) is 26.1 Å². The Balaban J connectivity index is 1.60. The minimum absolute atomic E-state index is 0.130. The van der Waals surface area contributed by atoms with Gasteiger partial charge in [-0.25, -0.2) is 9.97 Å². The van der Waals surface area contributed by atoms with Crippen molar-refractivity contribution in [1.82, 2.24) is 19.5 Å². The van der Waals surface area contributed by atoms with Gasteiger partial charge in [0.05, 0.1) is 29.3 Å². The lowest BCUT2D eigenvalue weighted by Crippen LogP contribution is -2.36. The Morgan fingerprint density at radius 3 is 2.88 bits per heavy atom. The molecule has 26 heavy (non-hydrogen) atoms. The van der Waals surface area contributed by atoms with Crippen LogP contribution in [0.2, 0.25) is 0 Å². The number of anilines is 2. The molecule has 0 saturated heterocycles. The van der Waals surface area contributed by atoms with Gasteiger partial charge in [0.25, 0.3) is 5.56 Å². The van der Waals surface area contributed by atoms with Gasteiger partial charge in [0.15, 0.2) is 5.95 Å². The number of nitrogens with one attached hydrogen (secondary N) is 1. The van der Waals surface area contributed by atoms with Crippen LogP contribution in [0.25, 0.3) is 10.9 Å². The number of nitrogens with two attached hydrogens (primary N) is 2. The standard InChI is InChI=1S/C17H19N7O2/c18-16-20-7-10-8-23(3-4-24(10)16)17-21-13-6-11(26-19)5-12(9-1-2-9)14(13)15(25)22-17/h5-7,9H,1-4,8,19H2,(H2,18,20)(H,21,22,25). The number of rotatable bonds is 3. The first-order valence-electron chi connectivity index (χ1n) is 8.63. The highest BCUT2D eigenvalue weighted by molar-refractivity contribution is 5.84. The third-order valence-electron chi connectivity index (χ3n) is 5.17. The normalized spacial score (nSPS) is 16.7. The Morgan fingerprint density at radius 1 is 1.27 bits per heavy atom. The summed E-state index contributed by atoms with van der Waals surface area (Å²) < 4.78 is 1.97. The average Bonchev–Trinajstić information content (AvgIpc) is 3.44. The number of aromatic amines is 1. The van der Waals surface area contributed by atoms with E-state index in [1.54, 1.807) is 12.3 Å². The van der Waals surface area contributed by atoms with Crippen molar-refractivity contribution in [2.75, 3.05) is 17.2 Å². The highest BCUT2D eigenvalue weighted by atomic mass is 16.6. The Kier molecular flexibility index (Phi) is 3.20. The fraction of sp³-hybridized carbons (Fsp3) is 0.353. The van der Waals surface area contributed by atoms with Crippen molar-refractivity contribution in [2.45, 2.75) is 31.8 Å². The monoisotopic (exact) mass is 353 g/mol. The quantitative estimate of drug-likeness (QED) is 0.596. The summed E-state index contributed by atoms with van der Waals surface area (Å²) in [7, 11) is 0. The zero-order chi connectivity index (χ0) is 17.8. The number of H-pyrrole nitrogens is 1. The molecule has 0 unspecified atom stereocenters. The Morgan fingerprint density at radius 2 is 2.12 bits per heavy atom. The summed E-state index contributed by atoms with van der Waals surface area (Å²) in [4.78, 5) is 31.5. The zero-order valence-corrected chi connectivity index (χ0v) is 14.1. The molecule has 9 heteroatoms. The minimum Gasteiger partial charge on any atom is -0.411 e. The molecule has 5 rings (SSSR count).